The summed E-state index contributed by atoms with van der Waals surface area (Å²) in [6.07, 6.45) is 27.5. The van der Waals surface area contributed by atoms with Crippen LogP contribution < -0.4 is 20.9 Å². The Hall–Kier alpha value is -6.36. The Morgan fingerprint density at radius 2 is 0.853 bits per heavy atom. The number of nitrogens with two attached hydrogens (primary N) is 2. The van der Waals surface area contributed by atoms with Gasteiger partial charge < -0.3 is 31.2 Å². The number of ether oxygens (including phenoxy) is 2. The number of allylic oxidation sites excluding steroid dienone is 2. The average molecular weight is 1020 g/mol. The van der Waals surface area contributed by atoms with E-state index >= 15 is 0 Å². The lowest BCUT2D eigenvalue weighted by atomic mass is 9.66. The SMILES string of the molecule is C=CCCCCCCC1CCC(C(=O)Oc2ccc(/C=C/C(=O)C(O)C(Cc3ccc(N)cc3)(Cc3ccc(N)cc3)C(O)C(=O)/C=C/c3ccc(OC(=O)C4CCC(CCCCCCC=C)CC4)cc3)cc2)CC1. The van der Waals surface area contributed by atoms with Crippen molar-refractivity contribution in [2.45, 2.75) is 153 Å². The summed E-state index contributed by atoms with van der Waals surface area (Å²) in [6, 6.07) is 27.4. The lowest BCUT2D eigenvalue weighted by Gasteiger charge is -2.40. The Bertz CT molecular complexity index is 2300. The van der Waals surface area contributed by atoms with Gasteiger partial charge in [-0.1, -0.05) is 124 Å². The van der Waals surface area contributed by atoms with Crippen molar-refractivity contribution in [1.29, 1.82) is 0 Å². The van der Waals surface area contributed by atoms with E-state index in [-0.39, 0.29) is 36.6 Å². The van der Waals surface area contributed by atoms with Gasteiger partial charge in [-0.3, -0.25) is 19.2 Å². The van der Waals surface area contributed by atoms with Crippen LogP contribution in [0, 0.1) is 29.1 Å². The minimum atomic E-state index is -1.87. The number of hydrogen-bond donors (Lipinski definition) is 4. The van der Waals surface area contributed by atoms with E-state index in [9.17, 15) is 29.4 Å². The number of aliphatic hydroxyl groups excluding tert-OH is 2. The van der Waals surface area contributed by atoms with Crippen LogP contribution in [0.25, 0.3) is 12.2 Å². The lowest BCUT2D eigenvalue weighted by molar-refractivity contribution is -0.146. The van der Waals surface area contributed by atoms with Crippen molar-refractivity contribution in [3.8, 4) is 11.5 Å². The van der Waals surface area contributed by atoms with Crippen molar-refractivity contribution in [3.63, 3.8) is 0 Å². The predicted molar refractivity (Wildman–Crippen MR) is 302 cm³/mol. The fourth-order valence-electron chi connectivity index (χ4n) is 11.0. The Morgan fingerprint density at radius 1 is 0.507 bits per heavy atom. The highest BCUT2D eigenvalue weighted by Crippen LogP contribution is 2.39. The molecule has 10 heteroatoms. The third-order valence-electron chi connectivity index (χ3n) is 15.6. The summed E-state index contributed by atoms with van der Waals surface area (Å²) in [6.45, 7) is 7.60. The van der Waals surface area contributed by atoms with Crippen molar-refractivity contribution in [3.05, 3.63) is 157 Å². The summed E-state index contributed by atoms with van der Waals surface area (Å²) in [7, 11) is 0. The molecule has 75 heavy (non-hydrogen) atoms. The Labute approximate surface area is 446 Å². The van der Waals surface area contributed by atoms with Gasteiger partial charge in [0.15, 0.2) is 11.6 Å². The number of aliphatic hydroxyl groups is 2. The molecule has 2 aliphatic rings. The van der Waals surface area contributed by atoms with Gasteiger partial charge in [-0.15, -0.1) is 13.2 Å². The van der Waals surface area contributed by atoms with Crippen LogP contribution in [-0.4, -0.2) is 45.9 Å². The molecule has 6 rings (SSSR count). The highest BCUT2D eigenvalue weighted by molar-refractivity contribution is 6.01. The molecule has 4 aromatic rings. The topological polar surface area (TPSA) is 179 Å². The lowest BCUT2D eigenvalue weighted by Crippen LogP contribution is -2.54. The number of carbonyl (C=O) groups excluding carboxylic acids is 4. The molecule has 2 atom stereocenters. The van der Waals surface area contributed by atoms with Crippen LogP contribution in [0.3, 0.4) is 0 Å². The van der Waals surface area contributed by atoms with Gasteiger partial charge >= 0.3 is 11.9 Å². The Balaban J connectivity index is 1.10. The second-order valence-corrected chi connectivity index (χ2v) is 21.3. The maximum atomic E-state index is 14.3. The smallest absolute Gasteiger partial charge is 0.314 e. The number of anilines is 2. The summed E-state index contributed by atoms with van der Waals surface area (Å²) >= 11 is 0. The largest absolute Gasteiger partial charge is 0.426 e. The number of hydrogen-bond acceptors (Lipinski definition) is 10. The summed E-state index contributed by atoms with van der Waals surface area (Å²) in [5.74, 6) is -0.0205. The van der Waals surface area contributed by atoms with Crippen molar-refractivity contribution < 1.29 is 38.9 Å². The Kier molecular flexibility index (Phi) is 23.4. The quantitative estimate of drug-likeness (QED) is 0.00981. The van der Waals surface area contributed by atoms with Gasteiger partial charge in [0.25, 0.3) is 0 Å². The van der Waals surface area contributed by atoms with Crippen molar-refractivity contribution in [2.75, 3.05) is 11.5 Å². The number of carbonyl (C=O) groups is 4. The molecule has 0 saturated heterocycles. The van der Waals surface area contributed by atoms with Gasteiger partial charge in [0, 0.05) is 16.8 Å². The number of benzene rings is 4. The first-order valence-electron chi connectivity index (χ1n) is 27.7. The molecule has 0 heterocycles. The molecule has 2 fully saturated rings. The van der Waals surface area contributed by atoms with Crippen LogP contribution in [0.4, 0.5) is 11.4 Å². The standard InChI is InChI=1S/C65H82N2O8/c1-3-5-7-9-11-13-15-47-17-31-53(32-18-47)63(72)74-57-39-25-49(26-40-57)29-43-59(68)61(70)65(45-51-21-35-55(66)36-22-51,46-52-23-37-56(67)38-24-52)62(71)60(69)44-30-50-27-41-58(42-28-50)75-64(73)54-33-19-48(20-34-54)16-14-12-10-8-6-4-2/h3-4,21-30,35-44,47-48,53-54,61-62,70-71H,1-2,5-20,31-34,45-46,66-67H2/b43-29+,44-30+. The van der Waals surface area contributed by atoms with Crippen LogP contribution in [0.15, 0.2) is 135 Å². The van der Waals surface area contributed by atoms with Crippen LogP contribution in [-0.2, 0) is 32.0 Å². The first-order chi connectivity index (χ1) is 36.3. The van der Waals surface area contributed by atoms with E-state index in [0.29, 0.717) is 57.0 Å². The maximum Gasteiger partial charge on any atom is 0.314 e. The Morgan fingerprint density at radius 3 is 1.20 bits per heavy atom. The number of rotatable bonds is 30. The monoisotopic (exact) mass is 1020 g/mol. The zero-order valence-corrected chi connectivity index (χ0v) is 44.1. The summed E-state index contributed by atoms with van der Waals surface area (Å²) in [5.41, 5.74) is 13.8. The molecule has 6 N–H and O–H groups in total. The number of ketones is 2. The van der Waals surface area contributed by atoms with Crippen LogP contribution >= 0.6 is 0 Å². The summed E-state index contributed by atoms with van der Waals surface area (Å²) < 4.78 is 11.6. The van der Waals surface area contributed by atoms with Gasteiger partial charge in [-0.05, 0) is 185 Å². The number of unbranched alkanes of at least 4 members (excludes halogenated alkanes) is 8. The van der Waals surface area contributed by atoms with E-state index in [1.165, 1.54) is 76.4 Å². The highest BCUT2D eigenvalue weighted by Gasteiger charge is 2.49. The van der Waals surface area contributed by atoms with E-state index < -0.39 is 29.2 Å². The van der Waals surface area contributed by atoms with Crippen LogP contribution in [0.5, 0.6) is 11.5 Å². The molecule has 400 valence electrons. The fourth-order valence-corrected chi connectivity index (χ4v) is 11.0. The third-order valence-corrected chi connectivity index (χ3v) is 15.6. The molecule has 10 nitrogen and oxygen atoms in total. The second-order valence-electron chi connectivity index (χ2n) is 21.3. The van der Waals surface area contributed by atoms with E-state index in [4.69, 9.17) is 20.9 Å². The fraction of sp³-hybridized carbons (Fsp3) is 0.446. The van der Waals surface area contributed by atoms with E-state index in [1.54, 1.807) is 109 Å². The van der Waals surface area contributed by atoms with Crippen LogP contribution in [0.1, 0.15) is 151 Å². The van der Waals surface area contributed by atoms with E-state index in [1.807, 2.05) is 12.2 Å². The first kappa shape index (κ1) is 57.9. The molecular weight excluding hydrogens is 937 g/mol. The second kappa shape index (κ2) is 30.3. The molecule has 2 unspecified atom stereocenters. The maximum absolute atomic E-state index is 14.3. The molecule has 4 aromatic carbocycles. The van der Waals surface area contributed by atoms with Crippen molar-refractivity contribution >= 4 is 47.0 Å². The van der Waals surface area contributed by atoms with Gasteiger partial charge in [-0.25, -0.2) is 0 Å². The molecule has 0 amide bonds. The molecule has 0 radical (unpaired) electrons. The molecule has 0 aromatic heterocycles. The van der Waals surface area contributed by atoms with Gasteiger partial charge in [0.2, 0.25) is 0 Å². The first-order valence-corrected chi connectivity index (χ1v) is 27.7. The molecule has 0 aliphatic heterocycles. The van der Waals surface area contributed by atoms with Gasteiger partial charge in [0.05, 0.1) is 11.8 Å². The van der Waals surface area contributed by atoms with Gasteiger partial charge in [0.1, 0.15) is 23.7 Å². The zero-order valence-electron chi connectivity index (χ0n) is 44.1. The highest BCUT2D eigenvalue weighted by atomic mass is 16.5. The predicted octanol–water partition coefficient (Wildman–Crippen LogP) is 13.4. The normalized spacial score (nSPS) is 18.8. The van der Waals surface area contributed by atoms with Crippen LogP contribution in [0.2, 0.25) is 0 Å². The molecule has 2 saturated carbocycles. The molecule has 2 aliphatic carbocycles. The van der Waals surface area contributed by atoms with E-state index in [2.05, 4.69) is 13.2 Å². The zero-order chi connectivity index (χ0) is 53.4. The minimum Gasteiger partial charge on any atom is -0.426 e. The average Bonchev–Trinajstić information content (AvgIpc) is 3.43. The molecular formula is C65H82N2O8. The number of nitrogen functional groups attached to an aromatic ring is 2. The minimum absolute atomic E-state index is 0.0740. The van der Waals surface area contributed by atoms with Gasteiger partial charge in [-0.2, -0.15) is 0 Å². The molecule has 0 spiro atoms. The molecule has 0 bridgehead atoms. The van der Waals surface area contributed by atoms with Crippen molar-refractivity contribution in [2.24, 2.45) is 29.1 Å². The van der Waals surface area contributed by atoms with E-state index in [0.717, 1.165) is 64.2 Å². The number of esters is 2. The third kappa shape index (κ3) is 18.5. The van der Waals surface area contributed by atoms with Crippen molar-refractivity contribution in [1.82, 2.24) is 0 Å². The summed E-state index contributed by atoms with van der Waals surface area (Å²) in [4.78, 5) is 54.8. The summed E-state index contributed by atoms with van der Waals surface area (Å²) in [5, 5.41) is 24.6.